The zero-order valence-corrected chi connectivity index (χ0v) is 15.0. The number of hydrogen-bond donors (Lipinski definition) is 1. The van der Waals surface area contributed by atoms with Crippen LogP contribution < -0.4 is 14.8 Å². The third-order valence-corrected chi connectivity index (χ3v) is 4.47. The molecule has 26 heavy (non-hydrogen) atoms. The van der Waals surface area contributed by atoms with E-state index in [0.29, 0.717) is 12.5 Å². The van der Waals surface area contributed by atoms with Gasteiger partial charge in [0, 0.05) is 19.2 Å². The van der Waals surface area contributed by atoms with Crippen molar-refractivity contribution in [2.24, 2.45) is 5.92 Å². The van der Waals surface area contributed by atoms with Gasteiger partial charge in [-0.1, -0.05) is 12.8 Å². The highest BCUT2D eigenvalue weighted by molar-refractivity contribution is 5.97. The average molecular weight is 370 g/mol. The predicted molar refractivity (Wildman–Crippen MR) is 91.6 cm³/mol. The molecule has 8 heteroatoms. The van der Waals surface area contributed by atoms with Crippen molar-refractivity contribution in [3.63, 3.8) is 0 Å². The van der Waals surface area contributed by atoms with Crippen molar-refractivity contribution >= 4 is 11.8 Å². The van der Waals surface area contributed by atoms with Crippen molar-refractivity contribution in [3.05, 3.63) is 23.8 Å². The predicted octanol–water partition coefficient (Wildman–Crippen LogP) is 2.68. The Kier molecular flexibility index (Phi) is 7.17. The Morgan fingerprint density at radius 2 is 1.96 bits per heavy atom. The number of ether oxygens (including phenoxy) is 2. The molecule has 0 aliphatic heterocycles. The molecule has 1 N–H and O–H groups in total. The van der Waals surface area contributed by atoms with Crippen molar-refractivity contribution < 1.29 is 27.8 Å². The van der Waals surface area contributed by atoms with Gasteiger partial charge in [-0.05, 0) is 37.0 Å². The SMILES string of the molecule is COc1cc(C(=O)NCC(=O)N(C)CC2CCCC2)ccc1OC(F)F. The Hall–Kier alpha value is -2.38. The second-order valence-electron chi connectivity index (χ2n) is 6.35. The molecule has 1 aromatic carbocycles. The number of nitrogens with one attached hydrogen (secondary N) is 1. The van der Waals surface area contributed by atoms with Crippen LogP contribution in [-0.4, -0.2) is 50.6 Å². The molecule has 2 amide bonds. The average Bonchev–Trinajstić information content (AvgIpc) is 3.12. The van der Waals surface area contributed by atoms with Crippen LogP contribution in [0.4, 0.5) is 8.78 Å². The molecule has 1 aliphatic carbocycles. The molecular weight excluding hydrogens is 346 g/mol. The maximum atomic E-state index is 12.3. The number of benzene rings is 1. The fraction of sp³-hybridized carbons (Fsp3) is 0.556. The van der Waals surface area contributed by atoms with Gasteiger partial charge < -0.3 is 19.7 Å². The van der Waals surface area contributed by atoms with E-state index in [0.717, 1.165) is 12.8 Å². The molecule has 0 spiro atoms. The van der Waals surface area contributed by atoms with Gasteiger partial charge in [0.1, 0.15) is 0 Å². The molecule has 1 aliphatic rings. The lowest BCUT2D eigenvalue weighted by Gasteiger charge is -2.21. The van der Waals surface area contributed by atoms with Crippen molar-refractivity contribution in [1.29, 1.82) is 0 Å². The van der Waals surface area contributed by atoms with Crippen molar-refractivity contribution in [2.45, 2.75) is 32.3 Å². The van der Waals surface area contributed by atoms with Crippen LogP contribution in [-0.2, 0) is 4.79 Å². The topological polar surface area (TPSA) is 67.9 Å². The highest BCUT2D eigenvalue weighted by Crippen LogP contribution is 2.29. The number of amides is 2. The highest BCUT2D eigenvalue weighted by atomic mass is 19.3. The first-order valence-electron chi connectivity index (χ1n) is 8.55. The van der Waals surface area contributed by atoms with E-state index in [9.17, 15) is 18.4 Å². The van der Waals surface area contributed by atoms with E-state index in [4.69, 9.17) is 4.74 Å². The molecular formula is C18H24F2N2O4. The fourth-order valence-corrected chi connectivity index (χ4v) is 3.08. The molecule has 0 atom stereocenters. The molecule has 2 rings (SSSR count). The largest absolute Gasteiger partial charge is 0.493 e. The number of nitrogens with zero attached hydrogens (tertiary/aromatic N) is 1. The van der Waals surface area contributed by atoms with E-state index < -0.39 is 12.5 Å². The summed E-state index contributed by atoms with van der Waals surface area (Å²) >= 11 is 0. The minimum Gasteiger partial charge on any atom is -0.493 e. The summed E-state index contributed by atoms with van der Waals surface area (Å²) in [6, 6.07) is 3.86. The number of carbonyl (C=O) groups is 2. The van der Waals surface area contributed by atoms with E-state index in [-0.39, 0.29) is 29.5 Å². The number of rotatable bonds is 8. The summed E-state index contributed by atoms with van der Waals surface area (Å²) in [7, 11) is 3.02. The first-order chi connectivity index (χ1) is 12.4. The molecule has 1 fully saturated rings. The molecule has 144 valence electrons. The van der Waals surface area contributed by atoms with E-state index in [1.807, 2.05) is 0 Å². The van der Waals surface area contributed by atoms with Crippen LogP contribution in [0.25, 0.3) is 0 Å². The number of carbonyl (C=O) groups excluding carboxylic acids is 2. The van der Waals surface area contributed by atoms with Crippen LogP contribution in [0.2, 0.25) is 0 Å². The smallest absolute Gasteiger partial charge is 0.387 e. The fourth-order valence-electron chi connectivity index (χ4n) is 3.08. The maximum absolute atomic E-state index is 12.3. The number of hydrogen-bond acceptors (Lipinski definition) is 4. The van der Waals surface area contributed by atoms with E-state index in [1.165, 1.54) is 38.2 Å². The number of likely N-dealkylation sites (N-methyl/N-ethyl adjacent to an activating group) is 1. The Labute approximate surface area is 151 Å². The van der Waals surface area contributed by atoms with Crippen LogP contribution >= 0.6 is 0 Å². The van der Waals surface area contributed by atoms with Gasteiger partial charge in [-0.25, -0.2) is 0 Å². The maximum Gasteiger partial charge on any atom is 0.387 e. The number of alkyl halides is 2. The lowest BCUT2D eigenvalue weighted by atomic mass is 10.1. The van der Waals surface area contributed by atoms with Crippen LogP contribution in [0.5, 0.6) is 11.5 Å². The first-order valence-corrected chi connectivity index (χ1v) is 8.55. The molecule has 0 saturated heterocycles. The van der Waals surface area contributed by atoms with Crippen LogP contribution in [0, 0.1) is 5.92 Å². The van der Waals surface area contributed by atoms with Gasteiger partial charge in [0.05, 0.1) is 13.7 Å². The van der Waals surface area contributed by atoms with E-state index >= 15 is 0 Å². The lowest BCUT2D eigenvalue weighted by Crippen LogP contribution is -2.39. The molecule has 6 nitrogen and oxygen atoms in total. The monoisotopic (exact) mass is 370 g/mol. The van der Waals surface area contributed by atoms with E-state index in [2.05, 4.69) is 10.1 Å². The normalized spacial score (nSPS) is 14.3. The Balaban J connectivity index is 1.89. The summed E-state index contributed by atoms with van der Waals surface area (Å²) < 4.78 is 33.9. The minimum absolute atomic E-state index is 0.0163. The van der Waals surface area contributed by atoms with Crippen molar-refractivity contribution in [1.82, 2.24) is 10.2 Å². The van der Waals surface area contributed by atoms with Gasteiger partial charge in [-0.2, -0.15) is 8.78 Å². The zero-order chi connectivity index (χ0) is 19.1. The third-order valence-electron chi connectivity index (χ3n) is 4.47. The second-order valence-corrected chi connectivity index (χ2v) is 6.35. The molecule has 0 heterocycles. The lowest BCUT2D eigenvalue weighted by molar-refractivity contribution is -0.129. The second kappa shape index (κ2) is 9.35. The number of methoxy groups -OCH3 is 1. The summed E-state index contributed by atoms with van der Waals surface area (Å²) in [5.41, 5.74) is 0.190. The molecule has 0 aromatic heterocycles. The summed E-state index contributed by atoms with van der Waals surface area (Å²) in [5, 5.41) is 2.54. The minimum atomic E-state index is -2.99. The summed E-state index contributed by atoms with van der Waals surface area (Å²) in [6.45, 7) is -2.42. The Bertz CT molecular complexity index is 634. The van der Waals surface area contributed by atoms with Gasteiger partial charge in [-0.3, -0.25) is 9.59 Å². The van der Waals surface area contributed by atoms with Gasteiger partial charge >= 0.3 is 6.61 Å². The Morgan fingerprint density at radius 3 is 2.58 bits per heavy atom. The van der Waals surface area contributed by atoms with Crippen LogP contribution in [0.3, 0.4) is 0 Å². The quantitative estimate of drug-likeness (QED) is 0.764. The molecule has 0 radical (unpaired) electrons. The Morgan fingerprint density at radius 1 is 1.27 bits per heavy atom. The summed E-state index contributed by atoms with van der Waals surface area (Å²) in [6.07, 6.45) is 4.68. The molecule has 0 unspecified atom stereocenters. The van der Waals surface area contributed by atoms with Crippen LogP contribution in [0.15, 0.2) is 18.2 Å². The number of halogens is 2. The zero-order valence-electron chi connectivity index (χ0n) is 15.0. The van der Waals surface area contributed by atoms with Gasteiger partial charge in [0.25, 0.3) is 5.91 Å². The van der Waals surface area contributed by atoms with E-state index in [1.54, 1.807) is 11.9 Å². The van der Waals surface area contributed by atoms with Crippen molar-refractivity contribution in [2.75, 3.05) is 27.2 Å². The molecule has 1 aromatic rings. The summed E-state index contributed by atoms with van der Waals surface area (Å²) in [5.74, 6) is -0.273. The van der Waals surface area contributed by atoms with Crippen LogP contribution in [0.1, 0.15) is 36.0 Å². The standard InChI is InChI=1S/C18H24F2N2O4/c1-22(11-12-5-3-4-6-12)16(23)10-21-17(24)13-7-8-14(26-18(19)20)15(9-13)25-2/h7-9,12,18H,3-6,10-11H2,1-2H3,(H,21,24). The highest BCUT2D eigenvalue weighted by Gasteiger charge is 2.20. The molecule has 0 bridgehead atoms. The van der Waals surface area contributed by atoms with Crippen molar-refractivity contribution in [3.8, 4) is 11.5 Å². The van der Waals surface area contributed by atoms with Gasteiger partial charge in [0.2, 0.25) is 5.91 Å². The van der Waals surface area contributed by atoms with Gasteiger partial charge in [0.15, 0.2) is 11.5 Å². The third kappa shape index (κ3) is 5.57. The summed E-state index contributed by atoms with van der Waals surface area (Å²) in [4.78, 5) is 26.0. The first kappa shape index (κ1) is 19.9. The molecule has 1 saturated carbocycles. The van der Waals surface area contributed by atoms with Gasteiger partial charge in [-0.15, -0.1) is 0 Å².